The van der Waals surface area contributed by atoms with Crippen LogP contribution in [-0.2, 0) is 6.54 Å². The van der Waals surface area contributed by atoms with Crippen molar-refractivity contribution < 1.29 is 0 Å². The number of aryl methyl sites for hydroxylation is 1. The van der Waals surface area contributed by atoms with E-state index in [1.807, 2.05) is 0 Å². The van der Waals surface area contributed by atoms with Gasteiger partial charge in [0.1, 0.15) is 12.7 Å². The second-order valence-corrected chi connectivity index (χ2v) is 3.24. The minimum absolute atomic E-state index is 0.141. The Labute approximate surface area is 91.5 Å². The van der Waals surface area contributed by atoms with Gasteiger partial charge in [-0.25, -0.2) is 14.3 Å². The Morgan fingerprint density at radius 3 is 2.94 bits per heavy atom. The van der Waals surface area contributed by atoms with Crippen LogP contribution >= 0.6 is 0 Å². The fourth-order valence-corrected chi connectivity index (χ4v) is 1.29. The molecule has 7 nitrogen and oxygen atoms in total. The summed E-state index contributed by atoms with van der Waals surface area (Å²) in [4.78, 5) is 15.3. The van der Waals surface area contributed by atoms with E-state index in [4.69, 9.17) is 5.73 Å². The lowest BCUT2D eigenvalue weighted by Crippen LogP contribution is -2.24. The monoisotopic (exact) mass is 220 g/mol. The van der Waals surface area contributed by atoms with Crippen LogP contribution in [0, 0.1) is 0 Å². The van der Waals surface area contributed by atoms with Gasteiger partial charge >= 0.3 is 0 Å². The first-order valence-electron chi connectivity index (χ1n) is 4.94. The summed E-state index contributed by atoms with van der Waals surface area (Å²) in [6.45, 7) is 1.04. The SMILES string of the molecule is NCCCn1nc(-n2cncn2)ccc1=O. The fraction of sp³-hybridized carbons (Fsp3) is 0.333. The average Bonchev–Trinajstić information content (AvgIpc) is 2.81. The van der Waals surface area contributed by atoms with Crippen LogP contribution in [0.1, 0.15) is 6.42 Å². The average molecular weight is 220 g/mol. The van der Waals surface area contributed by atoms with Gasteiger partial charge in [0.25, 0.3) is 5.56 Å². The molecule has 2 aromatic heterocycles. The minimum atomic E-state index is -0.141. The van der Waals surface area contributed by atoms with Gasteiger partial charge in [-0.2, -0.15) is 5.10 Å². The van der Waals surface area contributed by atoms with Crippen molar-refractivity contribution in [2.45, 2.75) is 13.0 Å². The number of rotatable bonds is 4. The summed E-state index contributed by atoms with van der Waals surface area (Å²) in [6, 6.07) is 3.07. The number of aromatic nitrogens is 5. The molecule has 16 heavy (non-hydrogen) atoms. The third kappa shape index (κ3) is 2.14. The van der Waals surface area contributed by atoms with Crippen LogP contribution in [0.4, 0.5) is 0 Å². The zero-order valence-corrected chi connectivity index (χ0v) is 8.65. The molecule has 2 rings (SSSR count). The third-order valence-corrected chi connectivity index (χ3v) is 2.08. The van der Waals surface area contributed by atoms with Gasteiger partial charge in [0.15, 0.2) is 5.82 Å². The van der Waals surface area contributed by atoms with Crippen molar-refractivity contribution in [1.29, 1.82) is 0 Å². The van der Waals surface area contributed by atoms with Gasteiger partial charge in [-0.15, -0.1) is 5.10 Å². The molecular weight excluding hydrogens is 208 g/mol. The summed E-state index contributed by atoms with van der Waals surface area (Å²) in [6.07, 6.45) is 3.66. The molecule has 0 saturated heterocycles. The molecule has 0 aliphatic rings. The first kappa shape index (κ1) is 10.5. The second kappa shape index (κ2) is 4.67. The molecule has 2 N–H and O–H groups in total. The molecule has 2 heterocycles. The largest absolute Gasteiger partial charge is 0.330 e. The Morgan fingerprint density at radius 1 is 1.38 bits per heavy atom. The molecule has 0 bridgehead atoms. The molecule has 0 aliphatic carbocycles. The summed E-state index contributed by atoms with van der Waals surface area (Å²) in [5, 5.41) is 8.10. The van der Waals surface area contributed by atoms with E-state index >= 15 is 0 Å². The lowest BCUT2D eigenvalue weighted by molar-refractivity contribution is 0.544. The topological polar surface area (TPSA) is 91.6 Å². The Kier molecular flexibility index (Phi) is 3.06. The predicted octanol–water partition coefficient (Wildman–Crippen LogP) is -0.827. The van der Waals surface area contributed by atoms with Crippen molar-refractivity contribution in [2.24, 2.45) is 5.73 Å². The summed E-state index contributed by atoms with van der Waals surface area (Å²) >= 11 is 0. The Bertz CT molecular complexity index is 503. The number of hydrogen-bond donors (Lipinski definition) is 1. The fourth-order valence-electron chi connectivity index (χ4n) is 1.29. The molecule has 2 aromatic rings. The van der Waals surface area contributed by atoms with Gasteiger partial charge in [0.05, 0.1) is 0 Å². The number of nitrogens with zero attached hydrogens (tertiary/aromatic N) is 5. The molecule has 7 heteroatoms. The Balaban J connectivity index is 2.32. The molecule has 0 aromatic carbocycles. The lowest BCUT2D eigenvalue weighted by atomic mass is 10.4. The Hall–Kier alpha value is -2.02. The molecule has 0 spiro atoms. The van der Waals surface area contributed by atoms with E-state index in [1.165, 1.54) is 28.1 Å². The first-order valence-corrected chi connectivity index (χ1v) is 4.94. The van der Waals surface area contributed by atoms with E-state index < -0.39 is 0 Å². The smallest absolute Gasteiger partial charge is 0.266 e. The van der Waals surface area contributed by atoms with Crippen LogP contribution in [0.3, 0.4) is 0 Å². The predicted molar refractivity (Wildman–Crippen MR) is 57.1 cm³/mol. The van der Waals surface area contributed by atoms with Gasteiger partial charge in [0.2, 0.25) is 0 Å². The molecule has 0 atom stereocenters. The molecular formula is C9H12N6O. The van der Waals surface area contributed by atoms with Crippen molar-refractivity contribution in [1.82, 2.24) is 24.5 Å². The maximum atomic E-state index is 11.5. The normalized spacial score (nSPS) is 10.6. The summed E-state index contributed by atoms with van der Waals surface area (Å²) < 4.78 is 2.88. The Morgan fingerprint density at radius 2 is 2.25 bits per heavy atom. The molecule has 0 fully saturated rings. The van der Waals surface area contributed by atoms with Gasteiger partial charge in [-0.3, -0.25) is 4.79 Å². The van der Waals surface area contributed by atoms with Gasteiger partial charge < -0.3 is 5.73 Å². The third-order valence-electron chi connectivity index (χ3n) is 2.08. The van der Waals surface area contributed by atoms with Crippen molar-refractivity contribution in [3.63, 3.8) is 0 Å². The van der Waals surface area contributed by atoms with E-state index in [1.54, 1.807) is 6.07 Å². The van der Waals surface area contributed by atoms with Crippen LogP contribution in [0.15, 0.2) is 29.6 Å². The first-order chi connectivity index (χ1) is 7.81. The van der Waals surface area contributed by atoms with Gasteiger partial charge in [-0.05, 0) is 19.0 Å². The molecule has 0 amide bonds. The highest BCUT2D eigenvalue weighted by Crippen LogP contribution is 1.96. The molecule has 0 saturated carbocycles. The maximum Gasteiger partial charge on any atom is 0.266 e. The second-order valence-electron chi connectivity index (χ2n) is 3.24. The summed E-state index contributed by atoms with van der Waals surface area (Å²) in [7, 11) is 0. The molecule has 0 unspecified atom stereocenters. The zero-order chi connectivity index (χ0) is 11.4. The van der Waals surface area contributed by atoms with E-state index in [2.05, 4.69) is 15.2 Å². The van der Waals surface area contributed by atoms with Crippen LogP contribution < -0.4 is 11.3 Å². The van der Waals surface area contributed by atoms with E-state index in [0.717, 1.165) is 0 Å². The number of nitrogens with two attached hydrogens (primary N) is 1. The highest BCUT2D eigenvalue weighted by atomic mass is 16.1. The maximum absolute atomic E-state index is 11.5. The lowest BCUT2D eigenvalue weighted by Gasteiger charge is -2.05. The zero-order valence-electron chi connectivity index (χ0n) is 8.65. The van der Waals surface area contributed by atoms with Crippen LogP contribution in [0.2, 0.25) is 0 Å². The van der Waals surface area contributed by atoms with E-state index in [9.17, 15) is 4.79 Å². The minimum Gasteiger partial charge on any atom is -0.330 e. The van der Waals surface area contributed by atoms with Gasteiger partial charge in [0, 0.05) is 12.6 Å². The van der Waals surface area contributed by atoms with Gasteiger partial charge in [-0.1, -0.05) is 0 Å². The van der Waals surface area contributed by atoms with Crippen molar-refractivity contribution >= 4 is 0 Å². The van der Waals surface area contributed by atoms with Crippen LogP contribution in [0.25, 0.3) is 5.82 Å². The highest BCUT2D eigenvalue weighted by molar-refractivity contribution is 5.16. The number of hydrogen-bond acceptors (Lipinski definition) is 5. The van der Waals surface area contributed by atoms with E-state index in [0.29, 0.717) is 25.3 Å². The molecule has 84 valence electrons. The van der Waals surface area contributed by atoms with Crippen molar-refractivity contribution in [3.8, 4) is 5.82 Å². The van der Waals surface area contributed by atoms with Crippen molar-refractivity contribution in [2.75, 3.05) is 6.54 Å². The quantitative estimate of drug-likeness (QED) is 0.726. The summed E-state index contributed by atoms with van der Waals surface area (Å²) in [5.41, 5.74) is 5.25. The van der Waals surface area contributed by atoms with Crippen LogP contribution in [-0.4, -0.2) is 31.1 Å². The van der Waals surface area contributed by atoms with E-state index in [-0.39, 0.29) is 5.56 Å². The summed E-state index contributed by atoms with van der Waals surface area (Å²) in [5.74, 6) is 0.564. The molecule has 0 aliphatic heterocycles. The highest BCUT2D eigenvalue weighted by Gasteiger charge is 2.02. The van der Waals surface area contributed by atoms with Crippen molar-refractivity contribution in [3.05, 3.63) is 35.1 Å². The van der Waals surface area contributed by atoms with Crippen LogP contribution in [0.5, 0.6) is 0 Å². The molecule has 0 radical (unpaired) electrons. The standard InChI is InChI=1S/C9H12N6O/c10-4-1-5-14-9(16)3-2-8(13-14)15-7-11-6-12-15/h2-3,6-7H,1,4-5,10H2.